The fraction of sp³-hybridized carbons (Fsp3) is 0.355. The van der Waals surface area contributed by atoms with Crippen molar-refractivity contribution in [2.75, 3.05) is 0 Å². The molecule has 0 aliphatic carbocycles. The van der Waals surface area contributed by atoms with Crippen molar-refractivity contribution in [1.82, 2.24) is 0 Å². The van der Waals surface area contributed by atoms with E-state index in [2.05, 4.69) is 114 Å². The summed E-state index contributed by atoms with van der Waals surface area (Å²) in [7, 11) is -1.75. The Kier molecular flexibility index (Phi) is 5.93. The zero-order valence-electron chi connectivity index (χ0n) is 21.3. The van der Waals surface area contributed by atoms with Crippen LogP contribution in [0.3, 0.4) is 0 Å². The summed E-state index contributed by atoms with van der Waals surface area (Å²) in [4.78, 5) is 0. The van der Waals surface area contributed by atoms with E-state index in [-0.39, 0.29) is 6.29 Å². The highest BCUT2D eigenvalue weighted by atomic mass is 28.3. The van der Waals surface area contributed by atoms with Gasteiger partial charge >= 0.3 is 0 Å². The number of hydrogen-bond donors (Lipinski definition) is 0. The molecule has 1 unspecified atom stereocenters. The highest BCUT2D eigenvalue weighted by Crippen LogP contribution is 2.49. The Balaban J connectivity index is 1.72. The molecule has 1 aliphatic heterocycles. The quantitative estimate of drug-likeness (QED) is 0.272. The third-order valence-electron chi connectivity index (χ3n) is 8.27. The summed E-state index contributed by atoms with van der Waals surface area (Å²) in [5.41, 5.74) is 4.17. The van der Waals surface area contributed by atoms with E-state index in [1.807, 2.05) is 0 Å². The number of rotatable bonds is 5. The van der Waals surface area contributed by atoms with E-state index in [4.69, 9.17) is 9.47 Å². The molecular formula is C31H36O2Si. The Morgan fingerprint density at radius 2 is 1.24 bits per heavy atom. The van der Waals surface area contributed by atoms with Gasteiger partial charge in [-0.3, -0.25) is 0 Å². The van der Waals surface area contributed by atoms with Gasteiger partial charge in [0.1, 0.15) is 11.5 Å². The molecule has 1 aliphatic rings. The van der Waals surface area contributed by atoms with E-state index in [0.717, 1.165) is 34.1 Å². The molecule has 1 atom stereocenters. The van der Waals surface area contributed by atoms with Crippen LogP contribution in [0.4, 0.5) is 0 Å². The van der Waals surface area contributed by atoms with Crippen molar-refractivity contribution >= 4 is 29.6 Å². The molecule has 1 heterocycles. The van der Waals surface area contributed by atoms with Gasteiger partial charge in [-0.1, -0.05) is 113 Å². The predicted molar refractivity (Wildman–Crippen MR) is 148 cm³/mol. The number of ether oxygens (including phenoxy) is 2. The van der Waals surface area contributed by atoms with Gasteiger partial charge in [-0.25, -0.2) is 0 Å². The van der Waals surface area contributed by atoms with Crippen molar-refractivity contribution in [2.24, 2.45) is 0 Å². The summed E-state index contributed by atoms with van der Waals surface area (Å²) in [6.45, 7) is 14.5. The average Bonchev–Trinajstić information content (AvgIpc) is 2.96. The van der Waals surface area contributed by atoms with Crippen LogP contribution in [0.2, 0.25) is 22.7 Å². The second-order valence-electron chi connectivity index (χ2n) is 10.8. The van der Waals surface area contributed by atoms with Crippen LogP contribution in [0.5, 0.6) is 11.5 Å². The van der Waals surface area contributed by atoms with Gasteiger partial charge in [0.15, 0.2) is 0 Å². The summed E-state index contributed by atoms with van der Waals surface area (Å²) in [6.07, 6.45) is -0.300. The van der Waals surface area contributed by atoms with E-state index >= 15 is 0 Å². The van der Waals surface area contributed by atoms with Gasteiger partial charge in [0.05, 0.1) is 8.07 Å². The van der Waals surface area contributed by atoms with Crippen molar-refractivity contribution in [1.29, 1.82) is 0 Å². The molecule has 0 spiro atoms. The molecule has 0 saturated heterocycles. The third kappa shape index (κ3) is 3.71. The predicted octanol–water partition coefficient (Wildman–Crippen LogP) is 9.44. The van der Waals surface area contributed by atoms with Gasteiger partial charge in [0.2, 0.25) is 6.29 Å². The van der Waals surface area contributed by atoms with Gasteiger partial charge in [-0.2, -0.15) is 0 Å². The largest absolute Gasteiger partial charge is 0.455 e. The summed E-state index contributed by atoms with van der Waals surface area (Å²) >= 11 is 0. The van der Waals surface area contributed by atoms with Crippen LogP contribution < -0.4 is 9.47 Å². The molecule has 34 heavy (non-hydrogen) atoms. The maximum absolute atomic E-state index is 6.90. The van der Waals surface area contributed by atoms with Gasteiger partial charge in [-0.05, 0) is 34.4 Å². The summed E-state index contributed by atoms with van der Waals surface area (Å²) in [6, 6.07) is 26.9. The van der Waals surface area contributed by atoms with Gasteiger partial charge in [-0.15, -0.1) is 0 Å². The van der Waals surface area contributed by atoms with Crippen molar-refractivity contribution < 1.29 is 9.47 Å². The van der Waals surface area contributed by atoms with Gasteiger partial charge in [0.25, 0.3) is 0 Å². The van der Waals surface area contributed by atoms with E-state index in [1.54, 1.807) is 0 Å². The molecule has 0 N–H and O–H groups in total. The minimum absolute atomic E-state index is 0.300. The van der Waals surface area contributed by atoms with Crippen LogP contribution in [0.15, 0.2) is 72.8 Å². The Hall–Kier alpha value is -2.78. The fourth-order valence-corrected chi connectivity index (χ4v) is 12.6. The molecule has 0 radical (unpaired) electrons. The molecule has 0 saturated carbocycles. The Morgan fingerprint density at radius 1 is 0.647 bits per heavy atom. The molecular weight excluding hydrogens is 432 g/mol. The third-order valence-corrected chi connectivity index (χ3v) is 15.8. The first-order chi connectivity index (χ1) is 16.3. The monoisotopic (exact) mass is 468 g/mol. The number of hydrogen-bond acceptors (Lipinski definition) is 2. The lowest BCUT2D eigenvalue weighted by Gasteiger charge is -2.44. The van der Waals surface area contributed by atoms with Crippen LogP contribution in [0, 0.1) is 0 Å². The van der Waals surface area contributed by atoms with Crippen molar-refractivity contribution in [3.05, 3.63) is 72.8 Å². The molecule has 2 nitrogen and oxygen atoms in total. The minimum Gasteiger partial charge on any atom is -0.455 e. The Morgan fingerprint density at radius 3 is 1.88 bits per heavy atom. The maximum atomic E-state index is 6.90. The summed E-state index contributed by atoms with van der Waals surface area (Å²) in [5.74, 6) is 1.88. The van der Waals surface area contributed by atoms with Crippen LogP contribution in [-0.2, 0) is 0 Å². The first kappa shape index (κ1) is 23.0. The van der Waals surface area contributed by atoms with Crippen molar-refractivity contribution in [2.45, 2.75) is 70.5 Å². The fourth-order valence-electron chi connectivity index (χ4n) is 6.49. The van der Waals surface area contributed by atoms with E-state index in [0.29, 0.717) is 16.6 Å². The van der Waals surface area contributed by atoms with E-state index in [9.17, 15) is 0 Å². The lowest BCUT2D eigenvalue weighted by atomic mass is 9.96. The smallest absolute Gasteiger partial charge is 0.238 e. The molecule has 4 aromatic rings. The molecule has 5 rings (SSSR count). The summed E-state index contributed by atoms with van der Waals surface area (Å²) < 4.78 is 13.7. The first-order valence-electron chi connectivity index (χ1n) is 12.7. The molecule has 0 fully saturated rings. The van der Waals surface area contributed by atoms with Crippen molar-refractivity contribution in [3.63, 3.8) is 0 Å². The molecule has 0 amide bonds. The zero-order valence-corrected chi connectivity index (χ0v) is 22.3. The van der Waals surface area contributed by atoms with Crippen LogP contribution >= 0.6 is 0 Å². The minimum atomic E-state index is -1.75. The normalized spacial score (nSPS) is 15.9. The van der Waals surface area contributed by atoms with Crippen LogP contribution in [0.25, 0.3) is 32.7 Å². The molecule has 0 aromatic heterocycles. The lowest BCUT2D eigenvalue weighted by Crippen LogP contribution is -2.49. The van der Waals surface area contributed by atoms with Crippen molar-refractivity contribution in [3.8, 4) is 22.6 Å². The van der Waals surface area contributed by atoms with Gasteiger partial charge in [0, 0.05) is 22.6 Å². The average molecular weight is 469 g/mol. The number of fused-ring (bicyclic) bond motifs is 6. The maximum Gasteiger partial charge on any atom is 0.238 e. The summed E-state index contributed by atoms with van der Waals surface area (Å²) in [5, 5.41) is 4.77. The second-order valence-corrected chi connectivity index (χ2v) is 16.9. The molecule has 4 aromatic carbocycles. The lowest BCUT2D eigenvalue weighted by molar-refractivity contribution is 0.0254. The van der Waals surface area contributed by atoms with Crippen LogP contribution in [0.1, 0.15) is 41.5 Å². The first-order valence-corrected chi connectivity index (χ1v) is 15.1. The van der Waals surface area contributed by atoms with Gasteiger partial charge < -0.3 is 9.47 Å². The SMILES string of the molecule is CC(C)[Si](CC1Oc2cc3ccccc3cc2-c2ccc3ccccc3c2O1)(C(C)C)C(C)C. The Labute approximate surface area is 204 Å². The molecule has 0 bridgehead atoms. The molecule has 176 valence electrons. The Bertz CT molecular complexity index is 1310. The topological polar surface area (TPSA) is 18.5 Å². The zero-order chi connectivity index (χ0) is 24.0. The molecule has 3 heteroatoms. The second kappa shape index (κ2) is 8.78. The van der Waals surface area contributed by atoms with E-state index in [1.165, 1.54) is 16.2 Å². The highest BCUT2D eigenvalue weighted by molar-refractivity contribution is 6.83. The van der Waals surface area contributed by atoms with Crippen LogP contribution in [-0.4, -0.2) is 14.4 Å². The standard InChI is InChI=1S/C31H36O2Si/c1-20(2)34(21(3)4,22(5)6)19-30-32-29-18-25-13-8-7-12-24(25)17-28(29)27-16-15-23-11-9-10-14-26(23)31(27)33-30/h7-18,20-22,30H,19H2,1-6H3. The van der Waals surface area contributed by atoms with E-state index < -0.39 is 8.07 Å². The highest BCUT2D eigenvalue weighted by Gasteiger charge is 2.46. The number of benzene rings is 4.